The molecule has 5 rings (SSSR count). The largest absolute Gasteiger partial charge is 0.450 e. The molecule has 0 saturated carbocycles. The highest BCUT2D eigenvalue weighted by molar-refractivity contribution is 6.31. The third-order valence-corrected chi connectivity index (χ3v) is 5.70. The van der Waals surface area contributed by atoms with Crippen molar-refractivity contribution in [1.82, 2.24) is 4.90 Å². The number of benzene rings is 2. The van der Waals surface area contributed by atoms with Crippen LogP contribution in [0, 0.1) is 0 Å². The van der Waals surface area contributed by atoms with Gasteiger partial charge in [0.15, 0.2) is 5.43 Å². The van der Waals surface area contributed by atoms with Gasteiger partial charge in [0, 0.05) is 18.2 Å². The van der Waals surface area contributed by atoms with Gasteiger partial charge < -0.3 is 14.1 Å². The number of nitrogens with zero attached hydrogens (tertiary/aromatic N) is 1. The Labute approximate surface area is 166 Å². The predicted octanol–water partition coefficient (Wildman–Crippen LogP) is 4.17. The lowest BCUT2D eigenvalue weighted by molar-refractivity contribution is 0.0486. The van der Waals surface area contributed by atoms with Gasteiger partial charge in [-0.2, -0.15) is 0 Å². The highest BCUT2D eigenvalue weighted by Gasteiger charge is 2.43. The molecule has 2 aliphatic rings. The number of ether oxygens (including phenoxy) is 1. The van der Waals surface area contributed by atoms with Gasteiger partial charge in [0.05, 0.1) is 23.1 Å². The highest BCUT2D eigenvalue weighted by Crippen LogP contribution is 2.39. The summed E-state index contributed by atoms with van der Waals surface area (Å²) in [6.07, 6.45) is 1.86. The van der Waals surface area contributed by atoms with Crippen LogP contribution in [0.3, 0.4) is 0 Å². The van der Waals surface area contributed by atoms with Crippen LogP contribution in [-0.4, -0.2) is 30.1 Å². The van der Waals surface area contributed by atoms with Gasteiger partial charge >= 0.3 is 0 Å². The summed E-state index contributed by atoms with van der Waals surface area (Å²) in [4.78, 5) is 28.3. The van der Waals surface area contributed by atoms with E-state index in [-0.39, 0.29) is 23.2 Å². The third-order valence-electron chi connectivity index (χ3n) is 5.47. The van der Waals surface area contributed by atoms with E-state index in [9.17, 15) is 9.59 Å². The first-order valence-electron chi connectivity index (χ1n) is 9.37. The maximum Gasteiger partial charge on any atom is 0.291 e. The van der Waals surface area contributed by atoms with E-state index >= 15 is 0 Å². The zero-order chi connectivity index (χ0) is 19.3. The fourth-order valence-electron chi connectivity index (χ4n) is 4.17. The molecule has 6 heteroatoms. The zero-order valence-electron chi connectivity index (χ0n) is 15.1. The van der Waals surface area contributed by atoms with Crippen molar-refractivity contribution >= 4 is 28.5 Å². The average molecular weight is 396 g/mol. The number of rotatable bonds is 3. The van der Waals surface area contributed by atoms with Gasteiger partial charge in [0.25, 0.3) is 5.91 Å². The summed E-state index contributed by atoms with van der Waals surface area (Å²) in [6, 6.07) is 14.0. The molecule has 2 aliphatic heterocycles. The van der Waals surface area contributed by atoms with Gasteiger partial charge in [0.1, 0.15) is 5.58 Å². The fourth-order valence-corrected chi connectivity index (χ4v) is 4.34. The Morgan fingerprint density at radius 3 is 2.68 bits per heavy atom. The summed E-state index contributed by atoms with van der Waals surface area (Å²) in [5.41, 5.74) is 1.41. The summed E-state index contributed by atoms with van der Waals surface area (Å²) in [5.74, 6) is -0.153. The molecule has 2 aromatic carbocycles. The number of fused-ring (bicyclic) bond motifs is 2. The predicted molar refractivity (Wildman–Crippen MR) is 106 cm³/mol. The summed E-state index contributed by atoms with van der Waals surface area (Å²) in [5, 5.41) is 0.843. The third kappa shape index (κ3) is 2.74. The standard InChI is InChI=1S/C22H18ClNO4/c23-14-8-9-17-16(11-14)20(25)18-19(13-5-2-1-3-6-13)24(22(26)21(18)28-17)12-15-7-4-10-27-15/h1-3,5-6,8-9,11,15,19H,4,7,10,12H2/t15-,19+/m1/s1. The number of carbonyl (C=O) groups excluding carboxylic acids is 1. The number of carbonyl (C=O) groups is 1. The van der Waals surface area contributed by atoms with Crippen molar-refractivity contribution < 1.29 is 13.9 Å². The second-order valence-electron chi connectivity index (χ2n) is 7.22. The van der Waals surface area contributed by atoms with Crippen LogP contribution in [0.2, 0.25) is 5.02 Å². The SMILES string of the molecule is O=C1c2oc3ccc(Cl)cc3c(=O)c2[C@H](c2ccccc2)N1C[C@H]1CCCO1. The van der Waals surface area contributed by atoms with Crippen molar-refractivity contribution in [2.75, 3.05) is 13.2 Å². The van der Waals surface area contributed by atoms with Gasteiger partial charge in [0.2, 0.25) is 5.76 Å². The van der Waals surface area contributed by atoms with E-state index in [4.69, 9.17) is 20.8 Å². The second-order valence-corrected chi connectivity index (χ2v) is 7.66. The van der Waals surface area contributed by atoms with Crippen LogP contribution in [0.15, 0.2) is 57.7 Å². The van der Waals surface area contributed by atoms with Gasteiger partial charge in [-0.15, -0.1) is 0 Å². The molecule has 0 N–H and O–H groups in total. The van der Waals surface area contributed by atoms with Crippen molar-refractivity contribution in [3.8, 4) is 0 Å². The first-order chi connectivity index (χ1) is 13.6. The number of hydrogen-bond donors (Lipinski definition) is 0. The molecule has 1 aromatic heterocycles. The normalized spacial score (nSPS) is 21.5. The van der Waals surface area contributed by atoms with Crippen LogP contribution in [0.25, 0.3) is 11.0 Å². The van der Waals surface area contributed by atoms with Gasteiger partial charge in [-0.25, -0.2) is 0 Å². The van der Waals surface area contributed by atoms with E-state index in [1.54, 1.807) is 23.1 Å². The first kappa shape index (κ1) is 17.5. The molecule has 0 spiro atoms. The molecule has 0 aliphatic carbocycles. The van der Waals surface area contributed by atoms with Crippen molar-refractivity contribution in [1.29, 1.82) is 0 Å². The minimum atomic E-state index is -0.493. The smallest absolute Gasteiger partial charge is 0.291 e. The van der Waals surface area contributed by atoms with Crippen molar-refractivity contribution in [3.63, 3.8) is 0 Å². The number of hydrogen-bond acceptors (Lipinski definition) is 4. The molecule has 3 aromatic rings. The molecule has 28 heavy (non-hydrogen) atoms. The zero-order valence-corrected chi connectivity index (χ0v) is 15.8. The lowest BCUT2D eigenvalue weighted by Gasteiger charge is -2.27. The van der Waals surface area contributed by atoms with E-state index in [1.165, 1.54) is 0 Å². The molecule has 1 saturated heterocycles. The maximum atomic E-state index is 13.4. The Morgan fingerprint density at radius 2 is 1.93 bits per heavy atom. The van der Waals surface area contributed by atoms with Crippen LogP contribution in [0.4, 0.5) is 0 Å². The second kappa shape index (κ2) is 6.76. The minimum Gasteiger partial charge on any atom is -0.450 e. The van der Waals surface area contributed by atoms with Crippen molar-refractivity contribution in [3.05, 3.63) is 80.7 Å². The first-order valence-corrected chi connectivity index (χ1v) is 9.75. The Balaban J connectivity index is 1.71. The van der Waals surface area contributed by atoms with Crippen LogP contribution in [-0.2, 0) is 4.74 Å². The average Bonchev–Trinajstić information content (AvgIpc) is 3.31. The number of amides is 1. The Morgan fingerprint density at radius 1 is 1.11 bits per heavy atom. The van der Waals surface area contributed by atoms with E-state index in [2.05, 4.69) is 0 Å². The number of halogens is 1. The van der Waals surface area contributed by atoms with E-state index in [1.807, 2.05) is 30.3 Å². The van der Waals surface area contributed by atoms with E-state index < -0.39 is 6.04 Å². The van der Waals surface area contributed by atoms with Gasteiger partial charge in [-0.1, -0.05) is 41.9 Å². The molecule has 2 atom stereocenters. The molecule has 142 valence electrons. The molecule has 1 amide bonds. The van der Waals surface area contributed by atoms with Crippen LogP contribution in [0.1, 0.15) is 40.6 Å². The molecule has 3 heterocycles. The summed E-state index contributed by atoms with van der Waals surface area (Å²) >= 11 is 6.09. The monoisotopic (exact) mass is 395 g/mol. The molecular weight excluding hydrogens is 378 g/mol. The Kier molecular flexibility index (Phi) is 4.22. The lowest BCUT2D eigenvalue weighted by atomic mass is 9.98. The van der Waals surface area contributed by atoms with Crippen LogP contribution < -0.4 is 5.43 Å². The Bertz CT molecular complexity index is 1120. The maximum absolute atomic E-state index is 13.4. The van der Waals surface area contributed by atoms with E-state index in [0.29, 0.717) is 34.7 Å². The summed E-state index contributed by atoms with van der Waals surface area (Å²) < 4.78 is 11.7. The molecule has 0 bridgehead atoms. The van der Waals surface area contributed by atoms with E-state index in [0.717, 1.165) is 18.4 Å². The fraction of sp³-hybridized carbons (Fsp3) is 0.273. The molecule has 0 radical (unpaired) electrons. The lowest BCUT2D eigenvalue weighted by Crippen LogP contribution is -2.36. The Hall–Kier alpha value is -2.63. The van der Waals surface area contributed by atoms with Crippen LogP contribution in [0.5, 0.6) is 0 Å². The summed E-state index contributed by atoms with van der Waals surface area (Å²) in [7, 11) is 0. The molecule has 1 fully saturated rings. The topological polar surface area (TPSA) is 59.8 Å². The molecule has 5 nitrogen and oxygen atoms in total. The minimum absolute atomic E-state index is 0.0246. The summed E-state index contributed by atoms with van der Waals surface area (Å²) in [6.45, 7) is 1.13. The molecule has 0 unspecified atom stereocenters. The molecular formula is C22H18ClNO4. The highest BCUT2D eigenvalue weighted by atomic mass is 35.5. The van der Waals surface area contributed by atoms with Crippen LogP contribution >= 0.6 is 11.6 Å². The van der Waals surface area contributed by atoms with Crippen molar-refractivity contribution in [2.24, 2.45) is 0 Å². The van der Waals surface area contributed by atoms with Gasteiger partial charge in [-0.05, 0) is 36.6 Å². The van der Waals surface area contributed by atoms with Gasteiger partial charge in [-0.3, -0.25) is 9.59 Å². The quantitative estimate of drug-likeness (QED) is 0.667. The van der Waals surface area contributed by atoms with Crippen molar-refractivity contribution in [2.45, 2.75) is 25.0 Å².